The molecule has 5 rings (SSSR count). The molecule has 5 aromatic rings. The van der Waals surface area contributed by atoms with Crippen molar-refractivity contribution in [2.45, 2.75) is 0 Å². The summed E-state index contributed by atoms with van der Waals surface area (Å²) in [5.41, 5.74) is 5.46. The Kier molecular flexibility index (Phi) is 3.51. The average Bonchev–Trinajstić information content (AvgIpc) is 3.04. The number of hydrogen-bond acceptors (Lipinski definition) is 1. The summed E-state index contributed by atoms with van der Waals surface area (Å²) in [6.45, 7) is 0. The highest BCUT2D eigenvalue weighted by atomic mass is 35.5. The van der Waals surface area contributed by atoms with Gasteiger partial charge in [0.15, 0.2) is 0 Å². The van der Waals surface area contributed by atoms with Gasteiger partial charge >= 0.3 is 0 Å². The summed E-state index contributed by atoms with van der Waals surface area (Å²) < 4.78 is 2.26. The van der Waals surface area contributed by atoms with Crippen LogP contribution in [-0.4, -0.2) is 9.55 Å². The van der Waals surface area contributed by atoms with Gasteiger partial charge in [0.1, 0.15) is 0 Å². The van der Waals surface area contributed by atoms with Crippen molar-refractivity contribution in [2.24, 2.45) is 0 Å². The van der Waals surface area contributed by atoms with Crippen LogP contribution in [0.15, 0.2) is 91.1 Å². The second-order valence-corrected chi connectivity index (χ2v) is 6.66. The molecule has 0 atom stereocenters. The van der Waals surface area contributed by atoms with Crippen LogP contribution >= 0.6 is 11.6 Å². The molecular formula is C23H15ClN2. The Morgan fingerprint density at radius 3 is 2.27 bits per heavy atom. The van der Waals surface area contributed by atoms with Crippen LogP contribution in [0, 0.1) is 0 Å². The van der Waals surface area contributed by atoms with Gasteiger partial charge in [-0.15, -0.1) is 0 Å². The van der Waals surface area contributed by atoms with E-state index in [0.717, 1.165) is 38.4 Å². The summed E-state index contributed by atoms with van der Waals surface area (Å²) in [5, 5.41) is 3.04. The van der Waals surface area contributed by atoms with Crippen molar-refractivity contribution < 1.29 is 0 Å². The van der Waals surface area contributed by atoms with Crippen molar-refractivity contribution in [3.63, 3.8) is 0 Å². The fourth-order valence-electron chi connectivity index (χ4n) is 3.57. The van der Waals surface area contributed by atoms with Gasteiger partial charge in [0.25, 0.3) is 0 Å². The maximum absolute atomic E-state index is 6.52. The largest absolute Gasteiger partial charge is 0.309 e. The molecule has 2 nitrogen and oxygen atoms in total. The SMILES string of the molecule is Clc1cccc2c1c1ccccc1n2-c1ccc(-c2ccccn2)cc1. The Balaban J connectivity index is 1.75. The maximum Gasteiger partial charge on any atom is 0.0701 e. The lowest BCUT2D eigenvalue weighted by molar-refractivity contribution is 1.18. The van der Waals surface area contributed by atoms with Crippen LogP contribution < -0.4 is 0 Å². The Hall–Kier alpha value is -3.10. The third-order valence-electron chi connectivity index (χ3n) is 4.73. The number of hydrogen-bond donors (Lipinski definition) is 0. The van der Waals surface area contributed by atoms with E-state index in [4.69, 9.17) is 11.6 Å². The minimum absolute atomic E-state index is 0.780. The van der Waals surface area contributed by atoms with Crippen molar-refractivity contribution >= 4 is 33.4 Å². The van der Waals surface area contributed by atoms with E-state index in [0.29, 0.717) is 0 Å². The van der Waals surface area contributed by atoms with Crippen molar-refractivity contribution in [1.29, 1.82) is 0 Å². The molecule has 124 valence electrons. The highest BCUT2D eigenvalue weighted by Crippen LogP contribution is 2.36. The Morgan fingerprint density at radius 1 is 0.692 bits per heavy atom. The van der Waals surface area contributed by atoms with Crippen LogP contribution in [0.2, 0.25) is 5.02 Å². The summed E-state index contributed by atoms with van der Waals surface area (Å²) in [5.74, 6) is 0. The van der Waals surface area contributed by atoms with Crippen LogP contribution in [0.4, 0.5) is 0 Å². The number of benzene rings is 3. The molecule has 3 aromatic carbocycles. The average molecular weight is 355 g/mol. The highest BCUT2D eigenvalue weighted by molar-refractivity contribution is 6.38. The minimum atomic E-state index is 0.780. The molecule has 0 unspecified atom stereocenters. The molecule has 0 aliphatic heterocycles. The molecule has 0 amide bonds. The molecule has 26 heavy (non-hydrogen) atoms. The first-order valence-corrected chi connectivity index (χ1v) is 8.90. The molecular weight excluding hydrogens is 340 g/mol. The van der Waals surface area contributed by atoms with E-state index in [1.807, 2.05) is 36.5 Å². The molecule has 0 spiro atoms. The predicted molar refractivity (Wildman–Crippen MR) is 109 cm³/mol. The smallest absolute Gasteiger partial charge is 0.0701 e. The van der Waals surface area contributed by atoms with Gasteiger partial charge in [-0.3, -0.25) is 4.98 Å². The number of rotatable bonds is 2. The van der Waals surface area contributed by atoms with Crippen molar-refractivity contribution in [1.82, 2.24) is 9.55 Å². The van der Waals surface area contributed by atoms with E-state index in [1.54, 1.807) is 0 Å². The van der Waals surface area contributed by atoms with Crippen LogP contribution in [0.1, 0.15) is 0 Å². The molecule has 0 saturated heterocycles. The van der Waals surface area contributed by atoms with Crippen LogP contribution in [0.3, 0.4) is 0 Å². The first-order chi connectivity index (χ1) is 12.8. The monoisotopic (exact) mass is 354 g/mol. The van der Waals surface area contributed by atoms with E-state index in [2.05, 4.69) is 64.1 Å². The zero-order chi connectivity index (χ0) is 17.5. The minimum Gasteiger partial charge on any atom is -0.309 e. The van der Waals surface area contributed by atoms with Gasteiger partial charge in [-0.25, -0.2) is 0 Å². The number of nitrogens with zero attached hydrogens (tertiary/aromatic N) is 2. The zero-order valence-electron chi connectivity index (χ0n) is 13.9. The van der Waals surface area contributed by atoms with Crippen LogP contribution in [0.25, 0.3) is 38.8 Å². The van der Waals surface area contributed by atoms with Crippen LogP contribution in [-0.2, 0) is 0 Å². The standard InChI is InChI=1S/C23H15ClN2/c24-19-7-5-10-22-23(19)18-6-1-2-9-21(18)26(22)17-13-11-16(12-14-17)20-8-3-4-15-25-20/h1-15H. The molecule has 2 heterocycles. The second kappa shape index (κ2) is 6.01. The summed E-state index contributed by atoms with van der Waals surface area (Å²) in [4.78, 5) is 4.43. The molecule has 3 heteroatoms. The predicted octanol–water partition coefficient (Wildman–Crippen LogP) is 6.50. The van der Waals surface area contributed by atoms with E-state index in [9.17, 15) is 0 Å². The van der Waals surface area contributed by atoms with Gasteiger partial charge in [-0.05, 0) is 42.5 Å². The van der Waals surface area contributed by atoms with Crippen molar-refractivity contribution in [2.75, 3.05) is 0 Å². The van der Waals surface area contributed by atoms with E-state index >= 15 is 0 Å². The van der Waals surface area contributed by atoms with E-state index in [-0.39, 0.29) is 0 Å². The highest BCUT2D eigenvalue weighted by Gasteiger charge is 2.13. The summed E-state index contributed by atoms with van der Waals surface area (Å²) >= 11 is 6.52. The topological polar surface area (TPSA) is 17.8 Å². The number of halogens is 1. The first-order valence-electron chi connectivity index (χ1n) is 8.52. The van der Waals surface area contributed by atoms with Crippen molar-refractivity contribution in [3.05, 3.63) is 96.1 Å². The molecule has 0 N–H and O–H groups in total. The molecule has 0 saturated carbocycles. The normalized spacial score (nSPS) is 11.3. The fourth-order valence-corrected chi connectivity index (χ4v) is 3.84. The second-order valence-electron chi connectivity index (χ2n) is 6.25. The maximum atomic E-state index is 6.52. The number of pyridine rings is 1. The molecule has 0 radical (unpaired) electrons. The van der Waals surface area contributed by atoms with Gasteiger partial charge < -0.3 is 4.57 Å². The van der Waals surface area contributed by atoms with Gasteiger partial charge in [0.2, 0.25) is 0 Å². The van der Waals surface area contributed by atoms with Crippen LogP contribution in [0.5, 0.6) is 0 Å². The third-order valence-corrected chi connectivity index (χ3v) is 5.05. The fraction of sp³-hybridized carbons (Fsp3) is 0. The summed E-state index contributed by atoms with van der Waals surface area (Å²) in [6, 6.07) is 28.9. The third kappa shape index (κ3) is 2.31. The molecule has 0 fully saturated rings. The lowest BCUT2D eigenvalue weighted by Gasteiger charge is -2.09. The van der Waals surface area contributed by atoms with Gasteiger partial charge in [0, 0.05) is 28.2 Å². The van der Waals surface area contributed by atoms with Gasteiger partial charge in [0.05, 0.1) is 21.7 Å². The van der Waals surface area contributed by atoms with Gasteiger partial charge in [-0.1, -0.05) is 54.1 Å². The molecule has 0 aliphatic rings. The Labute approximate surface area is 156 Å². The zero-order valence-corrected chi connectivity index (χ0v) is 14.7. The number of fused-ring (bicyclic) bond motifs is 3. The van der Waals surface area contributed by atoms with E-state index < -0.39 is 0 Å². The van der Waals surface area contributed by atoms with Crippen molar-refractivity contribution in [3.8, 4) is 16.9 Å². The molecule has 0 aliphatic carbocycles. The molecule has 0 bridgehead atoms. The first kappa shape index (κ1) is 15.2. The lowest BCUT2D eigenvalue weighted by Crippen LogP contribution is -1.93. The Bertz CT molecular complexity index is 1220. The lowest BCUT2D eigenvalue weighted by atomic mass is 10.1. The molecule has 2 aromatic heterocycles. The summed E-state index contributed by atoms with van der Waals surface area (Å²) in [7, 11) is 0. The Morgan fingerprint density at radius 2 is 1.46 bits per heavy atom. The van der Waals surface area contributed by atoms with Gasteiger partial charge in [-0.2, -0.15) is 0 Å². The number of aromatic nitrogens is 2. The quantitative estimate of drug-likeness (QED) is 0.354. The van der Waals surface area contributed by atoms with E-state index in [1.165, 1.54) is 5.39 Å². The summed E-state index contributed by atoms with van der Waals surface area (Å²) in [6.07, 6.45) is 1.82. The number of para-hydroxylation sites is 1.